The molecule has 0 radical (unpaired) electrons. The average molecular weight is 322 g/mol. The van der Waals surface area contributed by atoms with Crippen LogP contribution in [0, 0.1) is 5.92 Å². The molecule has 0 aliphatic heterocycles. The molecule has 1 aromatic rings. The molecule has 1 unspecified atom stereocenters. The van der Waals surface area contributed by atoms with Gasteiger partial charge in [-0.05, 0) is 25.7 Å². The first-order valence-corrected chi connectivity index (χ1v) is 8.90. The summed E-state index contributed by atoms with van der Waals surface area (Å²) in [7, 11) is 0. The van der Waals surface area contributed by atoms with Gasteiger partial charge in [0.15, 0.2) is 11.9 Å². The van der Waals surface area contributed by atoms with Gasteiger partial charge in [-0.15, -0.1) is 0 Å². The fourth-order valence-electron chi connectivity index (χ4n) is 3.02. The Balaban J connectivity index is 1.72. The molecule has 1 heterocycles. The molecule has 1 fully saturated rings. The van der Waals surface area contributed by atoms with Gasteiger partial charge in [0.25, 0.3) is 5.89 Å². The summed E-state index contributed by atoms with van der Waals surface area (Å²) in [6.07, 6.45) is 8.75. The highest BCUT2D eigenvalue weighted by Gasteiger charge is 2.24. The SMILES string of the molecule is CC(OC(=O)CCCC1CCCCC1)c1nc(C(C)(C)C)no1. The number of ether oxygens (including phenoxy) is 1. The van der Waals surface area contributed by atoms with Gasteiger partial charge in [-0.1, -0.05) is 58.0 Å². The Morgan fingerprint density at radius 1 is 1.30 bits per heavy atom. The second-order valence-electron chi connectivity index (χ2n) is 7.73. The highest BCUT2D eigenvalue weighted by atomic mass is 16.6. The molecule has 130 valence electrons. The summed E-state index contributed by atoms with van der Waals surface area (Å²) < 4.78 is 10.6. The molecule has 1 atom stereocenters. The fraction of sp³-hybridized carbons (Fsp3) is 0.833. The number of carbonyl (C=O) groups is 1. The Hall–Kier alpha value is -1.39. The first-order valence-electron chi connectivity index (χ1n) is 8.90. The van der Waals surface area contributed by atoms with Crippen LogP contribution in [0.1, 0.15) is 96.9 Å². The third-order valence-electron chi connectivity index (χ3n) is 4.49. The van der Waals surface area contributed by atoms with E-state index in [9.17, 15) is 4.79 Å². The van der Waals surface area contributed by atoms with Crippen molar-refractivity contribution in [1.29, 1.82) is 0 Å². The van der Waals surface area contributed by atoms with Crippen LogP contribution >= 0.6 is 0 Å². The molecule has 1 saturated carbocycles. The summed E-state index contributed by atoms with van der Waals surface area (Å²) in [6.45, 7) is 7.83. The molecule has 1 aliphatic carbocycles. The lowest BCUT2D eigenvalue weighted by Gasteiger charge is -2.21. The third kappa shape index (κ3) is 5.63. The van der Waals surface area contributed by atoms with Gasteiger partial charge in [0.1, 0.15) is 0 Å². The molecule has 1 aromatic heterocycles. The molecule has 5 heteroatoms. The Bertz CT molecular complexity index is 499. The van der Waals surface area contributed by atoms with Gasteiger partial charge in [0.2, 0.25) is 0 Å². The van der Waals surface area contributed by atoms with E-state index in [4.69, 9.17) is 9.26 Å². The summed E-state index contributed by atoms with van der Waals surface area (Å²) in [5.74, 6) is 1.63. The number of carbonyl (C=O) groups excluding carboxylic acids is 1. The maximum absolute atomic E-state index is 12.0. The first kappa shape index (κ1) is 18.0. The maximum Gasteiger partial charge on any atom is 0.306 e. The van der Waals surface area contributed by atoms with Crippen molar-refractivity contribution < 1.29 is 14.1 Å². The van der Waals surface area contributed by atoms with Gasteiger partial charge in [0.05, 0.1) is 0 Å². The van der Waals surface area contributed by atoms with Gasteiger partial charge >= 0.3 is 5.97 Å². The molecular weight excluding hydrogens is 292 g/mol. The molecular formula is C18H30N2O3. The summed E-state index contributed by atoms with van der Waals surface area (Å²) in [6, 6.07) is 0. The van der Waals surface area contributed by atoms with Crippen molar-refractivity contribution in [2.24, 2.45) is 5.92 Å². The van der Waals surface area contributed by atoms with Gasteiger partial charge < -0.3 is 9.26 Å². The molecule has 0 saturated heterocycles. The van der Waals surface area contributed by atoms with Gasteiger partial charge in [-0.25, -0.2) is 0 Å². The number of rotatable bonds is 6. The third-order valence-corrected chi connectivity index (χ3v) is 4.49. The van der Waals surface area contributed by atoms with Crippen LogP contribution < -0.4 is 0 Å². The predicted octanol–water partition coefficient (Wildman–Crippen LogP) is 4.72. The zero-order valence-corrected chi connectivity index (χ0v) is 14.9. The monoisotopic (exact) mass is 322 g/mol. The lowest BCUT2D eigenvalue weighted by Crippen LogP contribution is -2.14. The quantitative estimate of drug-likeness (QED) is 0.709. The van der Waals surface area contributed by atoms with Crippen LogP contribution in [0.3, 0.4) is 0 Å². The largest absolute Gasteiger partial charge is 0.453 e. The highest BCUT2D eigenvalue weighted by molar-refractivity contribution is 5.69. The van der Waals surface area contributed by atoms with Gasteiger partial charge in [-0.3, -0.25) is 4.79 Å². The Morgan fingerprint density at radius 3 is 2.61 bits per heavy atom. The van der Waals surface area contributed by atoms with E-state index >= 15 is 0 Å². The van der Waals surface area contributed by atoms with E-state index in [1.165, 1.54) is 32.1 Å². The molecule has 23 heavy (non-hydrogen) atoms. The van der Waals surface area contributed by atoms with E-state index in [-0.39, 0.29) is 11.4 Å². The number of aromatic nitrogens is 2. The molecule has 5 nitrogen and oxygen atoms in total. The summed E-state index contributed by atoms with van der Waals surface area (Å²) in [5, 5.41) is 3.96. The van der Waals surface area contributed by atoms with Crippen LogP contribution in [0.5, 0.6) is 0 Å². The summed E-state index contributed by atoms with van der Waals surface area (Å²) in [5.41, 5.74) is -0.175. The van der Waals surface area contributed by atoms with Crippen molar-refractivity contribution in [3.63, 3.8) is 0 Å². The Labute approximate surface area is 139 Å². The van der Waals surface area contributed by atoms with E-state index in [1.54, 1.807) is 6.92 Å². The highest BCUT2D eigenvalue weighted by Crippen LogP contribution is 2.28. The molecule has 1 aliphatic rings. The lowest BCUT2D eigenvalue weighted by molar-refractivity contribution is -0.150. The Kier molecular flexibility index (Phi) is 6.19. The molecule has 2 rings (SSSR count). The predicted molar refractivity (Wildman–Crippen MR) is 87.9 cm³/mol. The van der Waals surface area contributed by atoms with Crippen LogP contribution in [-0.2, 0) is 14.9 Å². The van der Waals surface area contributed by atoms with Crippen molar-refractivity contribution >= 4 is 5.97 Å². The number of hydrogen-bond acceptors (Lipinski definition) is 5. The minimum Gasteiger partial charge on any atom is -0.453 e. The van der Waals surface area contributed by atoms with Crippen LogP contribution in [0.4, 0.5) is 0 Å². The first-order chi connectivity index (χ1) is 10.9. The van der Waals surface area contributed by atoms with E-state index in [1.807, 2.05) is 20.8 Å². The lowest BCUT2D eigenvalue weighted by atomic mass is 9.86. The molecule has 0 amide bonds. The van der Waals surface area contributed by atoms with Crippen molar-refractivity contribution in [1.82, 2.24) is 10.1 Å². The maximum atomic E-state index is 12.0. The van der Waals surface area contributed by atoms with E-state index in [2.05, 4.69) is 10.1 Å². The van der Waals surface area contributed by atoms with Crippen molar-refractivity contribution in [3.8, 4) is 0 Å². The number of hydrogen-bond donors (Lipinski definition) is 0. The van der Waals surface area contributed by atoms with Crippen molar-refractivity contribution in [3.05, 3.63) is 11.7 Å². The van der Waals surface area contributed by atoms with Crippen LogP contribution in [0.2, 0.25) is 0 Å². The van der Waals surface area contributed by atoms with E-state index in [0.29, 0.717) is 18.1 Å². The topological polar surface area (TPSA) is 65.2 Å². The zero-order chi connectivity index (χ0) is 16.9. The standard InChI is InChI=1S/C18H30N2O3/c1-13(16-19-17(20-23-16)18(2,3)4)22-15(21)12-8-11-14-9-6-5-7-10-14/h13-14H,5-12H2,1-4H3. The zero-order valence-electron chi connectivity index (χ0n) is 14.9. The van der Waals surface area contributed by atoms with Crippen LogP contribution in [0.25, 0.3) is 0 Å². The van der Waals surface area contributed by atoms with Crippen molar-refractivity contribution in [2.45, 2.75) is 90.6 Å². The normalized spacial score (nSPS) is 17.9. The van der Waals surface area contributed by atoms with Crippen molar-refractivity contribution in [2.75, 3.05) is 0 Å². The van der Waals surface area contributed by atoms with Gasteiger partial charge in [-0.2, -0.15) is 4.98 Å². The fourth-order valence-corrected chi connectivity index (χ4v) is 3.02. The minimum absolute atomic E-state index is 0.175. The smallest absolute Gasteiger partial charge is 0.306 e. The van der Waals surface area contributed by atoms with Crippen LogP contribution in [0.15, 0.2) is 4.52 Å². The second kappa shape index (κ2) is 7.93. The number of esters is 1. The molecule has 0 bridgehead atoms. The second-order valence-corrected chi connectivity index (χ2v) is 7.73. The average Bonchev–Trinajstić information content (AvgIpc) is 2.98. The van der Waals surface area contributed by atoms with Gasteiger partial charge in [0, 0.05) is 11.8 Å². The Morgan fingerprint density at radius 2 is 2.00 bits per heavy atom. The van der Waals surface area contributed by atoms with Crippen LogP contribution in [-0.4, -0.2) is 16.1 Å². The van der Waals surface area contributed by atoms with E-state index in [0.717, 1.165) is 18.8 Å². The molecule has 0 N–H and O–H groups in total. The number of nitrogens with zero attached hydrogens (tertiary/aromatic N) is 2. The summed E-state index contributed by atoms with van der Waals surface area (Å²) in [4.78, 5) is 16.3. The van der Waals surface area contributed by atoms with E-state index < -0.39 is 6.10 Å². The molecule has 0 aromatic carbocycles. The molecule has 0 spiro atoms. The minimum atomic E-state index is -0.485. The summed E-state index contributed by atoms with van der Waals surface area (Å²) >= 11 is 0.